The van der Waals surface area contributed by atoms with Gasteiger partial charge in [0.1, 0.15) is 11.5 Å². The summed E-state index contributed by atoms with van der Waals surface area (Å²) in [5, 5.41) is 0. The van der Waals surface area contributed by atoms with Crippen LogP contribution in [0.3, 0.4) is 0 Å². The molecule has 0 aromatic heterocycles. The monoisotopic (exact) mass is 928 g/mol. The number of fused-ring (bicyclic) bond motifs is 4. The van der Waals surface area contributed by atoms with E-state index in [-0.39, 0.29) is 97.6 Å². The van der Waals surface area contributed by atoms with Crippen molar-refractivity contribution in [2.24, 2.45) is 0 Å². The maximum Gasteiger partial charge on any atom is 0.343 e. The minimum Gasteiger partial charge on any atom is -0.423 e. The van der Waals surface area contributed by atoms with Crippen LogP contribution < -0.4 is 9.47 Å². The molecule has 59 heavy (non-hydrogen) atoms. The molecule has 0 atom stereocenters. The van der Waals surface area contributed by atoms with E-state index in [1.807, 2.05) is 72.8 Å². The van der Waals surface area contributed by atoms with Crippen LogP contribution in [-0.2, 0) is 83.7 Å². The first-order valence-corrected chi connectivity index (χ1v) is 19.1. The van der Waals surface area contributed by atoms with Crippen molar-refractivity contribution in [1.29, 1.82) is 0 Å². The van der Waals surface area contributed by atoms with Crippen molar-refractivity contribution in [1.82, 2.24) is 0 Å². The number of carbonyl (C=O) groups excluding carboxylic acids is 2. The fourth-order valence-electron chi connectivity index (χ4n) is 8.22. The van der Waals surface area contributed by atoms with Crippen LogP contribution in [0, 0.1) is 42.5 Å². The molecule has 1 spiro atoms. The van der Waals surface area contributed by atoms with Gasteiger partial charge in [-0.05, 0) is 158 Å². The minimum atomic E-state index is -0.382. The summed E-state index contributed by atoms with van der Waals surface area (Å²) in [5.41, 5.74) is 14.8. The van der Waals surface area contributed by atoms with E-state index >= 15 is 0 Å². The van der Waals surface area contributed by atoms with Crippen molar-refractivity contribution in [2.75, 3.05) is 0 Å². The van der Waals surface area contributed by atoms with E-state index in [0.717, 1.165) is 59.1 Å². The standard InChI is InChI=1S/C51H44O4.2CH3.2Y/c1-33-5-9-37(10-6-33)13-15-39-17-21-41(22-18-39)49(52)54-43-29-35(3)45-25-27-51(47(45)31-43)28-26-46-36(4)30-44(32-48(46)51)55-50(53)42-23-19-40(20-24-42)16-14-38-11-7-34(2)8-12-38;;;;/h5-24,29-32H,25-28H2,1-4H3;2*1H3;;/q;2*-1;;/b15-13+,16-14+;;;;. The molecule has 0 bridgehead atoms. The fraction of sp³-hybridized carbons (Fsp3) is 0.170. The Labute approximate surface area is 401 Å². The minimum absolute atomic E-state index is 0. The maximum absolute atomic E-state index is 13.4. The van der Waals surface area contributed by atoms with Crippen LogP contribution in [0.2, 0.25) is 0 Å². The van der Waals surface area contributed by atoms with Crippen LogP contribution in [0.4, 0.5) is 0 Å². The second-order valence-electron chi connectivity index (χ2n) is 15.1. The van der Waals surface area contributed by atoms with Gasteiger partial charge in [0.25, 0.3) is 0 Å². The average Bonchev–Trinajstić information content (AvgIpc) is 3.76. The van der Waals surface area contributed by atoms with E-state index in [1.165, 1.54) is 33.4 Å². The summed E-state index contributed by atoms with van der Waals surface area (Å²) in [6.45, 7) is 8.36. The number of benzene rings is 6. The number of ether oxygens (including phenoxy) is 2. The summed E-state index contributed by atoms with van der Waals surface area (Å²) >= 11 is 0. The molecular weight excluding hydrogens is 878 g/mol. The predicted molar refractivity (Wildman–Crippen MR) is 236 cm³/mol. The predicted octanol–water partition coefficient (Wildman–Crippen LogP) is 12.8. The van der Waals surface area contributed by atoms with Crippen LogP contribution in [-0.4, -0.2) is 11.9 Å². The molecule has 0 heterocycles. The number of hydrogen-bond acceptors (Lipinski definition) is 4. The molecule has 0 saturated heterocycles. The Morgan fingerprint density at radius 2 is 0.780 bits per heavy atom. The number of rotatable bonds is 8. The topological polar surface area (TPSA) is 52.6 Å². The Morgan fingerprint density at radius 3 is 1.10 bits per heavy atom. The summed E-state index contributed by atoms with van der Waals surface area (Å²) in [6, 6.07) is 39.9. The SMILES string of the molecule is Cc1ccc(/C=C/c2ccc(C(=O)Oc3cc(C)c4c(c3)C3(CC4)CCc4c(C)cc(OC(=O)c5ccc(/C=C/c6ccc(C)cc6)cc5)cc43)cc2)cc1.[CH3-].[CH3-].[Y].[Y]. The van der Waals surface area contributed by atoms with E-state index in [4.69, 9.17) is 9.47 Å². The number of carbonyl (C=O) groups is 2. The molecule has 0 fully saturated rings. The summed E-state index contributed by atoms with van der Waals surface area (Å²) in [5.74, 6) is 0.340. The van der Waals surface area contributed by atoms with E-state index in [9.17, 15) is 9.59 Å². The van der Waals surface area contributed by atoms with E-state index in [2.05, 4.69) is 101 Å². The van der Waals surface area contributed by atoms with Gasteiger partial charge in [-0.3, -0.25) is 0 Å². The van der Waals surface area contributed by atoms with Crippen molar-refractivity contribution in [3.63, 3.8) is 0 Å². The van der Waals surface area contributed by atoms with E-state index in [0.29, 0.717) is 22.6 Å². The molecule has 2 aliphatic rings. The molecule has 0 saturated carbocycles. The molecule has 0 unspecified atom stereocenters. The molecule has 0 aliphatic heterocycles. The van der Waals surface area contributed by atoms with Gasteiger partial charge in [-0.25, -0.2) is 9.59 Å². The van der Waals surface area contributed by atoms with Crippen LogP contribution in [0.15, 0.2) is 121 Å². The Hall–Kier alpha value is -4.05. The summed E-state index contributed by atoms with van der Waals surface area (Å²) in [7, 11) is 0. The van der Waals surface area contributed by atoms with Gasteiger partial charge in [0.15, 0.2) is 0 Å². The van der Waals surface area contributed by atoms with Crippen LogP contribution >= 0.6 is 0 Å². The van der Waals surface area contributed by atoms with Crippen molar-refractivity contribution < 1.29 is 84.5 Å². The first kappa shape index (κ1) is 47.6. The first-order valence-electron chi connectivity index (χ1n) is 19.1. The molecule has 2 aliphatic carbocycles. The zero-order valence-electron chi connectivity index (χ0n) is 35.0. The Kier molecular flexibility index (Phi) is 16.5. The molecule has 8 rings (SSSR count). The number of aryl methyl sites for hydroxylation is 4. The van der Waals surface area contributed by atoms with E-state index in [1.54, 1.807) is 0 Å². The largest absolute Gasteiger partial charge is 0.423 e. The number of hydrogen-bond donors (Lipinski definition) is 0. The van der Waals surface area contributed by atoms with Crippen LogP contribution in [0.25, 0.3) is 24.3 Å². The fourth-order valence-corrected chi connectivity index (χ4v) is 8.22. The third kappa shape index (κ3) is 10.5. The van der Waals surface area contributed by atoms with Gasteiger partial charge in [-0.2, -0.15) is 0 Å². The Balaban J connectivity index is 0.00000192. The van der Waals surface area contributed by atoms with Gasteiger partial charge < -0.3 is 24.3 Å². The third-order valence-corrected chi connectivity index (χ3v) is 11.3. The molecule has 0 N–H and O–H groups in total. The average molecular weight is 929 g/mol. The Morgan fingerprint density at radius 1 is 0.475 bits per heavy atom. The zero-order chi connectivity index (χ0) is 38.1. The van der Waals surface area contributed by atoms with Gasteiger partial charge in [0.05, 0.1) is 11.1 Å². The molecule has 2 radical (unpaired) electrons. The van der Waals surface area contributed by atoms with Gasteiger partial charge in [0.2, 0.25) is 0 Å². The van der Waals surface area contributed by atoms with Crippen molar-refractivity contribution in [3.05, 3.63) is 214 Å². The maximum atomic E-state index is 13.4. The van der Waals surface area contributed by atoms with Gasteiger partial charge in [-0.1, -0.05) is 108 Å². The molecule has 0 amide bonds. The zero-order valence-corrected chi connectivity index (χ0v) is 40.6. The van der Waals surface area contributed by atoms with Crippen LogP contribution in [0.5, 0.6) is 11.5 Å². The second-order valence-corrected chi connectivity index (χ2v) is 15.1. The van der Waals surface area contributed by atoms with Gasteiger partial charge in [-0.15, -0.1) is 0 Å². The van der Waals surface area contributed by atoms with Crippen LogP contribution in [0.1, 0.15) is 100 Å². The smallest absolute Gasteiger partial charge is 0.343 e. The summed E-state index contributed by atoms with van der Waals surface area (Å²) in [6.07, 6.45) is 12.0. The number of esters is 2. The molecule has 6 aromatic rings. The molecule has 294 valence electrons. The van der Waals surface area contributed by atoms with Crippen molar-refractivity contribution >= 4 is 36.2 Å². The summed E-state index contributed by atoms with van der Waals surface area (Å²) < 4.78 is 12.1. The third-order valence-electron chi connectivity index (χ3n) is 11.3. The second kappa shape index (κ2) is 20.5. The van der Waals surface area contributed by atoms with Crippen molar-refractivity contribution in [2.45, 2.75) is 58.8 Å². The summed E-state index contributed by atoms with van der Waals surface area (Å²) in [4.78, 5) is 26.8. The van der Waals surface area contributed by atoms with E-state index < -0.39 is 0 Å². The first-order chi connectivity index (χ1) is 26.6. The quantitative estimate of drug-likeness (QED) is 0.0660. The normalized spacial score (nSPS) is 13.1. The Bertz CT molecular complexity index is 2300. The molecular formula is C53H50O4Y2-2. The molecule has 6 heteroatoms. The van der Waals surface area contributed by atoms with Crippen molar-refractivity contribution in [3.8, 4) is 11.5 Å². The van der Waals surface area contributed by atoms with Gasteiger partial charge >= 0.3 is 11.9 Å². The van der Waals surface area contributed by atoms with Gasteiger partial charge in [0, 0.05) is 70.8 Å². The molecule has 6 aromatic carbocycles. The molecule has 4 nitrogen and oxygen atoms in total.